The summed E-state index contributed by atoms with van der Waals surface area (Å²) in [5.74, 6) is -10.4. The van der Waals surface area contributed by atoms with Crippen LogP contribution in [0.1, 0.15) is 34.8 Å². The second-order valence-corrected chi connectivity index (χ2v) is 11.9. The zero-order valence-electron chi connectivity index (χ0n) is 23.8. The Morgan fingerprint density at radius 2 is 1.68 bits per heavy atom. The van der Waals surface area contributed by atoms with Crippen molar-refractivity contribution in [2.75, 3.05) is 33.1 Å². The van der Waals surface area contributed by atoms with Crippen LogP contribution < -0.4 is 10.6 Å². The van der Waals surface area contributed by atoms with Crippen molar-refractivity contribution in [1.82, 2.24) is 4.90 Å². The van der Waals surface area contributed by atoms with E-state index in [4.69, 9.17) is 5.73 Å². The zero-order valence-corrected chi connectivity index (χ0v) is 23.8. The molecule has 0 aromatic heterocycles. The molecule has 41 heavy (non-hydrogen) atoms. The van der Waals surface area contributed by atoms with Gasteiger partial charge in [-0.3, -0.25) is 28.9 Å². The molecule has 3 unspecified atom stereocenters. The first-order valence-electron chi connectivity index (χ1n) is 13.8. The Hall–Kier alpha value is -3.89. The molecule has 10 nitrogen and oxygen atoms in total. The van der Waals surface area contributed by atoms with Crippen molar-refractivity contribution >= 4 is 34.7 Å². The fourth-order valence-electron chi connectivity index (χ4n) is 7.19. The molecule has 3 aliphatic rings. The number of fused-ring (bicyclic) bond motifs is 3. The van der Waals surface area contributed by atoms with Crippen LogP contribution >= 0.6 is 0 Å². The Balaban J connectivity index is 1.68. The van der Waals surface area contributed by atoms with Crippen LogP contribution in [0.5, 0.6) is 5.75 Å². The van der Waals surface area contributed by atoms with Crippen LogP contribution in [0.2, 0.25) is 0 Å². The predicted molar refractivity (Wildman–Crippen MR) is 150 cm³/mol. The summed E-state index contributed by atoms with van der Waals surface area (Å²) < 4.78 is 0. The van der Waals surface area contributed by atoms with E-state index in [0.717, 1.165) is 16.8 Å². The maximum absolute atomic E-state index is 14.1. The number of likely N-dealkylation sites (N-methyl/N-ethyl adjacent to an activating group) is 1. The summed E-state index contributed by atoms with van der Waals surface area (Å²) in [7, 11) is 6.99. The molecule has 216 valence electrons. The highest BCUT2D eigenvalue weighted by Gasteiger charge is 2.69. The predicted octanol–water partition coefficient (Wildman–Crippen LogP) is 1.16. The Kier molecular flexibility index (Phi) is 6.90. The second-order valence-electron chi connectivity index (χ2n) is 11.9. The Labute approximate surface area is 238 Å². The van der Waals surface area contributed by atoms with Crippen molar-refractivity contribution in [3.8, 4) is 16.9 Å². The number of carbonyl (C=O) groups is 5. The summed E-state index contributed by atoms with van der Waals surface area (Å²) in [5, 5.41) is 23.0. The highest BCUT2D eigenvalue weighted by atomic mass is 16.3. The van der Waals surface area contributed by atoms with Gasteiger partial charge in [-0.1, -0.05) is 19.1 Å². The normalized spacial score (nSPS) is 29.2. The maximum Gasteiger partial charge on any atom is 0.235 e. The van der Waals surface area contributed by atoms with Crippen LogP contribution in [0, 0.1) is 23.7 Å². The molecule has 0 heterocycles. The van der Waals surface area contributed by atoms with E-state index < -0.39 is 64.4 Å². The lowest BCUT2D eigenvalue weighted by molar-refractivity contribution is -0.181. The summed E-state index contributed by atoms with van der Waals surface area (Å²) in [6.45, 7) is 1.85. The maximum atomic E-state index is 14.1. The number of phenolic OH excluding ortho intramolecular Hbond substituents is 1. The third kappa shape index (κ3) is 4.03. The molecule has 1 amide bonds. The number of Topliss-reactive ketones (excluding diaryl/α,β-unsaturated/α-hetero) is 4. The number of hydrogen-bond acceptors (Lipinski definition) is 9. The second kappa shape index (κ2) is 9.88. The van der Waals surface area contributed by atoms with E-state index >= 15 is 0 Å². The number of anilines is 1. The van der Waals surface area contributed by atoms with E-state index in [9.17, 15) is 34.2 Å². The van der Waals surface area contributed by atoms with Crippen LogP contribution in [0.15, 0.2) is 30.3 Å². The number of rotatable bonds is 5. The first-order chi connectivity index (χ1) is 19.2. The number of benzene rings is 2. The lowest BCUT2D eigenvalue weighted by Crippen LogP contribution is -2.74. The van der Waals surface area contributed by atoms with Gasteiger partial charge in [0.25, 0.3) is 0 Å². The lowest BCUT2D eigenvalue weighted by Gasteiger charge is -2.52. The molecule has 3 aliphatic carbocycles. The van der Waals surface area contributed by atoms with Crippen molar-refractivity contribution in [3.05, 3.63) is 47.0 Å². The minimum atomic E-state index is -2.74. The number of hydrogen-bond donors (Lipinski definition) is 3. The van der Waals surface area contributed by atoms with Crippen LogP contribution in [0.3, 0.4) is 0 Å². The van der Waals surface area contributed by atoms with E-state index in [1.54, 1.807) is 14.1 Å². The van der Waals surface area contributed by atoms with Gasteiger partial charge in [-0.2, -0.15) is 0 Å². The minimum absolute atomic E-state index is 0.0131. The van der Waals surface area contributed by atoms with Crippen molar-refractivity contribution in [2.24, 2.45) is 29.4 Å². The average Bonchev–Trinajstić information content (AvgIpc) is 2.90. The summed E-state index contributed by atoms with van der Waals surface area (Å²) in [5.41, 5.74) is 6.37. The molecule has 10 heteroatoms. The number of amides is 1. The van der Waals surface area contributed by atoms with Gasteiger partial charge in [-0.25, -0.2) is 0 Å². The molecule has 0 radical (unpaired) electrons. The lowest BCUT2D eigenvalue weighted by atomic mass is 9.52. The first kappa shape index (κ1) is 28.6. The van der Waals surface area contributed by atoms with Crippen LogP contribution in [0.25, 0.3) is 11.1 Å². The van der Waals surface area contributed by atoms with Crippen molar-refractivity contribution in [1.29, 1.82) is 0 Å². The Morgan fingerprint density at radius 3 is 2.22 bits per heavy atom. The monoisotopic (exact) mass is 561 g/mol. The first-order valence-corrected chi connectivity index (χ1v) is 13.8. The minimum Gasteiger partial charge on any atom is -0.507 e. The number of nitrogens with zero attached hydrogens (tertiary/aromatic N) is 2. The number of ketones is 4. The Morgan fingerprint density at radius 1 is 1.05 bits per heavy atom. The van der Waals surface area contributed by atoms with E-state index in [0.29, 0.717) is 17.5 Å². The number of aryl methyl sites for hydroxylation is 1. The van der Waals surface area contributed by atoms with E-state index in [2.05, 4.69) is 0 Å². The number of primary amides is 1. The van der Waals surface area contributed by atoms with Gasteiger partial charge in [0, 0.05) is 25.7 Å². The number of aromatic hydroxyl groups is 1. The average molecular weight is 562 g/mol. The van der Waals surface area contributed by atoms with Gasteiger partial charge < -0.3 is 20.8 Å². The SMILES string of the molecule is CCc1cc(-c2ccc(N(C)C)cc2)c2c(c1O)C(=O)C1C(=O)[C@@]3(O)C(=O)C(C(N)=O)C(=O)C(N(C)C)[C@H]3C[C@H]1C2. The molecule has 2 aromatic rings. The highest BCUT2D eigenvalue weighted by Crippen LogP contribution is 2.52. The molecule has 0 bridgehead atoms. The standard InChI is InChI=1S/C31H35N3O7/c1-6-14-11-18(15-7-9-17(10-8-15)33(2)3)19-12-16-13-20-24(34(4)5)27(37)23(30(32)40)29(39)31(20,41)28(38)21(16)26(36)22(19)25(14)35/h7-11,16,20-21,23-24,35,41H,6,12-13H2,1-5H3,(H2,32,40)/t16-,20-,21?,23?,24?,31-/m1/s1. The van der Waals surface area contributed by atoms with Crippen LogP contribution in [-0.2, 0) is 32.0 Å². The van der Waals surface area contributed by atoms with Gasteiger partial charge in [0.05, 0.1) is 17.5 Å². The molecule has 2 aromatic carbocycles. The largest absolute Gasteiger partial charge is 0.507 e. The molecule has 0 spiro atoms. The highest BCUT2D eigenvalue weighted by molar-refractivity contribution is 6.32. The fourth-order valence-corrected chi connectivity index (χ4v) is 7.19. The van der Waals surface area contributed by atoms with Crippen molar-refractivity contribution < 1.29 is 34.2 Å². The summed E-state index contributed by atoms with van der Waals surface area (Å²) in [6, 6.07) is 8.51. The van der Waals surface area contributed by atoms with E-state index in [1.165, 1.54) is 4.90 Å². The summed E-state index contributed by atoms with van der Waals surface area (Å²) in [6.07, 6.45) is 0.655. The van der Waals surface area contributed by atoms with Crippen LogP contribution in [-0.4, -0.2) is 84.0 Å². The molecule has 0 aliphatic heterocycles. The topological polar surface area (TPSA) is 158 Å². The number of carbonyl (C=O) groups excluding carboxylic acids is 5. The van der Waals surface area contributed by atoms with Crippen molar-refractivity contribution in [2.45, 2.75) is 37.8 Å². The molecule has 4 N–H and O–H groups in total. The van der Waals surface area contributed by atoms with Crippen molar-refractivity contribution in [3.63, 3.8) is 0 Å². The summed E-state index contributed by atoms with van der Waals surface area (Å²) in [4.78, 5) is 70.5. The smallest absolute Gasteiger partial charge is 0.235 e. The van der Waals surface area contributed by atoms with Gasteiger partial charge in [0.1, 0.15) is 5.75 Å². The van der Waals surface area contributed by atoms with E-state index in [-0.39, 0.29) is 24.2 Å². The molecule has 5 rings (SSSR count). The summed E-state index contributed by atoms with van der Waals surface area (Å²) >= 11 is 0. The molecule has 0 saturated heterocycles. The molecule has 6 atom stereocenters. The zero-order chi connectivity index (χ0) is 30.1. The third-order valence-corrected chi connectivity index (χ3v) is 9.22. The van der Waals surface area contributed by atoms with Gasteiger partial charge in [0.2, 0.25) is 5.91 Å². The fraction of sp³-hybridized carbons (Fsp3) is 0.452. The van der Waals surface area contributed by atoms with Gasteiger partial charge >= 0.3 is 0 Å². The molecular weight excluding hydrogens is 526 g/mol. The van der Waals surface area contributed by atoms with E-state index in [1.807, 2.05) is 56.3 Å². The number of phenols is 1. The number of nitrogens with two attached hydrogens (primary N) is 1. The quantitative estimate of drug-likeness (QED) is 0.456. The van der Waals surface area contributed by atoms with Gasteiger partial charge in [-0.15, -0.1) is 0 Å². The third-order valence-electron chi connectivity index (χ3n) is 9.22. The Bertz CT molecular complexity index is 1500. The van der Waals surface area contributed by atoms with Gasteiger partial charge in [-0.05, 0) is 79.7 Å². The van der Waals surface area contributed by atoms with Gasteiger partial charge in [0.15, 0.2) is 34.7 Å². The number of aliphatic hydroxyl groups is 1. The molecule has 2 fully saturated rings. The molecule has 2 saturated carbocycles. The van der Waals surface area contributed by atoms with Crippen LogP contribution in [0.4, 0.5) is 5.69 Å². The molecular formula is C31H35N3O7.